The molecule has 2 aliphatic rings. The van der Waals surface area contributed by atoms with Gasteiger partial charge in [0.15, 0.2) is 8.32 Å². The topological polar surface area (TPSA) is 66.4 Å². The fourth-order valence-corrected chi connectivity index (χ4v) is 4.22. The molecule has 146 valence electrons. The van der Waals surface area contributed by atoms with E-state index in [-0.39, 0.29) is 23.0 Å². The Morgan fingerprint density at radius 3 is 2.12 bits per heavy atom. The molecule has 5 atom stereocenters. The first-order valence-electron chi connectivity index (χ1n) is 8.82. The molecule has 0 radical (unpaired) electrons. The van der Waals surface area contributed by atoms with Crippen molar-refractivity contribution >= 4 is 8.32 Å². The highest BCUT2D eigenvalue weighted by molar-refractivity contribution is 6.74. The van der Waals surface area contributed by atoms with Crippen molar-refractivity contribution in [1.29, 1.82) is 0 Å². The van der Waals surface area contributed by atoms with Crippen LogP contribution >= 0.6 is 0 Å². The average molecular weight is 375 g/mol. The maximum Gasteiger partial charge on any atom is 0.220 e. The Bertz CT molecular complexity index is 528. The molecule has 0 amide bonds. The first-order chi connectivity index (χ1) is 11.3. The van der Waals surface area contributed by atoms with Crippen molar-refractivity contribution in [1.82, 2.24) is 0 Å². The predicted octanol–water partition coefficient (Wildman–Crippen LogP) is 3.73. The van der Waals surface area contributed by atoms with Gasteiger partial charge in [-0.15, -0.1) is 0 Å². The van der Waals surface area contributed by atoms with Crippen LogP contribution in [0.1, 0.15) is 41.0 Å². The van der Waals surface area contributed by atoms with E-state index >= 15 is 0 Å². The highest BCUT2D eigenvalue weighted by atomic mass is 28.4. The van der Waals surface area contributed by atoms with Crippen molar-refractivity contribution in [2.45, 2.75) is 89.1 Å². The zero-order valence-electron chi connectivity index (χ0n) is 17.0. The van der Waals surface area contributed by atoms with E-state index in [1.165, 1.54) is 0 Å². The number of hydrogen-bond acceptors (Lipinski definition) is 6. The van der Waals surface area contributed by atoms with E-state index in [1.54, 1.807) is 34.1 Å². The molecular formula is C18H34O6Si. The van der Waals surface area contributed by atoms with Crippen molar-refractivity contribution < 1.29 is 28.5 Å². The van der Waals surface area contributed by atoms with Crippen LogP contribution in [0.5, 0.6) is 0 Å². The lowest BCUT2D eigenvalue weighted by Crippen LogP contribution is -2.68. The molecule has 1 aliphatic heterocycles. The van der Waals surface area contributed by atoms with Gasteiger partial charge in [0.2, 0.25) is 11.6 Å². The van der Waals surface area contributed by atoms with Crippen molar-refractivity contribution in [2.75, 3.05) is 14.2 Å². The zero-order chi connectivity index (χ0) is 19.3. The summed E-state index contributed by atoms with van der Waals surface area (Å²) in [6, 6.07) is 0. The maximum absolute atomic E-state index is 10.2. The first-order valence-corrected chi connectivity index (χ1v) is 11.7. The van der Waals surface area contributed by atoms with E-state index in [0.29, 0.717) is 6.42 Å². The smallest absolute Gasteiger partial charge is 0.220 e. The highest BCUT2D eigenvalue weighted by Crippen LogP contribution is 2.45. The Morgan fingerprint density at radius 1 is 1.12 bits per heavy atom. The van der Waals surface area contributed by atoms with Gasteiger partial charge in [0.1, 0.15) is 6.10 Å². The zero-order valence-corrected chi connectivity index (χ0v) is 18.0. The molecule has 0 aromatic carbocycles. The van der Waals surface area contributed by atoms with Crippen LogP contribution < -0.4 is 0 Å². The summed E-state index contributed by atoms with van der Waals surface area (Å²) in [6.45, 7) is 14.5. The van der Waals surface area contributed by atoms with E-state index in [0.717, 1.165) is 0 Å². The summed E-state index contributed by atoms with van der Waals surface area (Å²) < 4.78 is 30.2. The second-order valence-corrected chi connectivity index (χ2v) is 13.5. The van der Waals surface area contributed by atoms with Gasteiger partial charge in [-0.1, -0.05) is 20.8 Å². The molecule has 0 saturated carbocycles. The largest absolute Gasteiger partial charge is 0.512 e. The number of methoxy groups -OCH3 is 2. The lowest BCUT2D eigenvalue weighted by atomic mass is 9.93. The fourth-order valence-electron chi connectivity index (χ4n) is 2.99. The van der Waals surface area contributed by atoms with E-state index < -0.39 is 26.0 Å². The molecule has 6 nitrogen and oxygen atoms in total. The monoisotopic (exact) mass is 374 g/mol. The number of aliphatic hydroxyl groups is 1. The normalized spacial score (nSPS) is 39.7. The minimum absolute atomic E-state index is 0.0462. The second kappa shape index (κ2) is 6.62. The van der Waals surface area contributed by atoms with Gasteiger partial charge in [-0.3, -0.25) is 0 Å². The van der Waals surface area contributed by atoms with Crippen molar-refractivity contribution in [3.63, 3.8) is 0 Å². The number of aliphatic hydroxyl groups excluding tert-OH is 1. The Balaban J connectivity index is 2.34. The van der Waals surface area contributed by atoms with Gasteiger partial charge in [0.25, 0.3) is 0 Å². The molecule has 25 heavy (non-hydrogen) atoms. The van der Waals surface area contributed by atoms with Gasteiger partial charge in [0.05, 0.1) is 18.0 Å². The molecule has 7 heteroatoms. The minimum Gasteiger partial charge on any atom is -0.512 e. The van der Waals surface area contributed by atoms with E-state index in [4.69, 9.17) is 23.4 Å². The summed E-state index contributed by atoms with van der Waals surface area (Å²) in [6.07, 6.45) is 0.971. The van der Waals surface area contributed by atoms with Gasteiger partial charge in [-0.25, -0.2) is 0 Å². The van der Waals surface area contributed by atoms with Crippen LogP contribution in [0.2, 0.25) is 18.1 Å². The van der Waals surface area contributed by atoms with Gasteiger partial charge in [0, 0.05) is 20.6 Å². The molecule has 1 saturated heterocycles. The van der Waals surface area contributed by atoms with Crippen molar-refractivity contribution in [3.8, 4) is 0 Å². The summed E-state index contributed by atoms with van der Waals surface area (Å²) in [5.41, 5.74) is 0. The molecule has 1 fully saturated rings. The van der Waals surface area contributed by atoms with Crippen LogP contribution in [0.3, 0.4) is 0 Å². The third kappa shape index (κ3) is 3.68. The van der Waals surface area contributed by atoms with Gasteiger partial charge >= 0.3 is 0 Å². The minimum atomic E-state index is -2.06. The molecule has 0 unspecified atom stereocenters. The number of rotatable bonds is 4. The molecule has 2 rings (SSSR count). The number of hydrogen-bond donors (Lipinski definition) is 1. The molecule has 0 aromatic heterocycles. The molecule has 0 bridgehead atoms. The van der Waals surface area contributed by atoms with Crippen LogP contribution in [0, 0.1) is 0 Å². The lowest BCUT2D eigenvalue weighted by Gasteiger charge is -2.55. The Hall–Kier alpha value is -0.443. The molecule has 1 N–H and O–H groups in total. The van der Waals surface area contributed by atoms with Crippen LogP contribution in [0.4, 0.5) is 0 Å². The Kier molecular flexibility index (Phi) is 5.52. The van der Waals surface area contributed by atoms with Gasteiger partial charge in [-0.2, -0.15) is 0 Å². The number of ether oxygens (including phenoxy) is 4. The third-order valence-electron chi connectivity index (χ3n) is 6.04. The summed E-state index contributed by atoms with van der Waals surface area (Å²) in [7, 11) is 1.07. The van der Waals surface area contributed by atoms with Crippen LogP contribution in [0.15, 0.2) is 11.8 Å². The van der Waals surface area contributed by atoms with E-state index in [2.05, 4.69) is 33.9 Å². The Morgan fingerprint density at radius 2 is 1.64 bits per heavy atom. The summed E-state index contributed by atoms with van der Waals surface area (Å²) in [5, 5.41) is 10.3. The fraction of sp³-hybridized carbons (Fsp3) is 0.889. The van der Waals surface area contributed by atoms with Crippen LogP contribution in [-0.4, -0.2) is 57.5 Å². The molecule has 0 spiro atoms. The van der Waals surface area contributed by atoms with E-state index in [1.807, 2.05) is 0 Å². The maximum atomic E-state index is 10.2. The third-order valence-corrected chi connectivity index (χ3v) is 10.5. The summed E-state index contributed by atoms with van der Waals surface area (Å²) in [5.74, 6) is -1.91. The van der Waals surface area contributed by atoms with E-state index in [9.17, 15) is 5.11 Å². The summed E-state index contributed by atoms with van der Waals surface area (Å²) in [4.78, 5) is 0. The predicted molar refractivity (Wildman–Crippen MR) is 98.0 cm³/mol. The van der Waals surface area contributed by atoms with Gasteiger partial charge in [-0.05, 0) is 38.1 Å². The summed E-state index contributed by atoms with van der Waals surface area (Å²) >= 11 is 0. The standard InChI is InChI=1S/C18H34O6Si/c1-16(2,3)25(8,9)24-14-11-12(19)10-13-15(14)23-18(5,21-7)17(4,20-6)22-13/h11,13-15,19H,10H2,1-9H3/t13-,14-,15+,17+,18+/m1/s1. The molecule has 1 aliphatic carbocycles. The highest BCUT2D eigenvalue weighted by Gasteiger charge is 2.59. The average Bonchev–Trinajstić information content (AvgIpc) is 2.47. The number of fused-ring (bicyclic) bond motifs is 1. The molecule has 0 aromatic rings. The molecular weight excluding hydrogens is 340 g/mol. The SMILES string of the molecule is CO[C@@]1(C)O[C@@H]2[C@H](O[Si](C)(C)C(C)(C)C)C=C(O)C[C@H]2O[C@]1(C)OC. The first kappa shape index (κ1) is 20.9. The van der Waals surface area contributed by atoms with Crippen LogP contribution in [0.25, 0.3) is 0 Å². The Labute approximate surface area is 152 Å². The van der Waals surface area contributed by atoms with Crippen LogP contribution in [-0.2, 0) is 23.4 Å². The molecule has 1 heterocycles. The van der Waals surface area contributed by atoms with Gasteiger partial charge < -0.3 is 28.5 Å². The van der Waals surface area contributed by atoms with Crippen molar-refractivity contribution in [2.24, 2.45) is 0 Å². The second-order valence-electron chi connectivity index (χ2n) is 8.74. The van der Waals surface area contributed by atoms with Crippen molar-refractivity contribution in [3.05, 3.63) is 11.8 Å². The quantitative estimate of drug-likeness (QED) is 0.756. The lowest BCUT2D eigenvalue weighted by molar-refractivity contribution is -0.453.